The van der Waals surface area contributed by atoms with Crippen LogP contribution in [0.2, 0.25) is 0 Å². The lowest BCUT2D eigenvalue weighted by molar-refractivity contribution is -0.134. The number of amides is 2. The number of carbonyl (C=O) groups is 2. The van der Waals surface area contributed by atoms with Gasteiger partial charge in [-0.25, -0.2) is 0 Å². The van der Waals surface area contributed by atoms with Gasteiger partial charge in [0.05, 0.1) is 12.0 Å². The zero-order valence-electron chi connectivity index (χ0n) is 18.9. The molecule has 2 N–H and O–H groups in total. The molecule has 0 aliphatic heterocycles. The monoisotopic (exact) mass is 384 g/mol. The van der Waals surface area contributed by atoms with Crippen molar-refractivity contribution in [1.82, 2.24) is 10.6 Å². The van der Waals surface area contributed by atoms with Crippen LogP contribution >= 0.6 is 0 Å². The second-order valence-corrected chi connectivity index (χ2v) is 8.99. The lowest BCUT2D eigenvalue weighted by atomic mass is 9.88. The molecule has 0 fully saturated rings. The average Bonchev–Trinajstić information content (AvgIpc) is 2.55. The van der Waals surface area contributed by atoms with Crippen LogP contribution in [-0.2, 0) is 14.3 Å². The number of hydrogen-bond acceptors (Lipinski definition) is 3. The van der Waals surface area contributed by atoms with Crippen molar-refractivity contribution >= 4 is 11.8 Å². The Balaban J connectivity index is 4.23. The van der Waals surface area contributed by atoms with Gasteiger partial charge in [-0.1, -0.05) is 53.4 Å². The molecular formula is C22H44N2O3. The first-order chi connectivity index (χ1) is 12.5. The summed E-state index contributed by atoms with van der Waals surface area (Å²) >= 11 is 0. The van der Waals surface area contributed by atoms with E-state index in [-0.39, 0.29) is 17.9 Å². The van der Waals surface area contributed by atoms with E-state index in [9.17, 15) is 9.59 Å². The molecule has 5 nitrogen and oxygen atoms in total. The van der Waals surface area contributed by atoms with Gasteiger partial charge in [-0.3, -0.25) is 9.59 Å². The minimum atomic E-state index is -0.539. The number of nitrogens with one attached hydrogen (secondary N) is 2. The Morgan fingerprint density at radius 2 is 1.63 bits per heavy atom. The Morgan fingerprint density at radius 1 is 1.00 bits per heavy atom. The molecule has 0 aromatic heterocycles. The summed E-state index contributed by atoms with van der Waals surface area (Å²) in [6, 6.07) is 0.198. The van der Waals surface area contributed by atoms with Gasteiger partial charge in [0.2, 0.25) is 11.8 Å². The molecular weight excluding hydrogens is 340 g/mol. The van der Waals surface area contributed by atoms with Gasteiger partial charge in [-0.2, -0.15) is 0 Å². The minimum Gasteiger partial charge on any atom is -0.375 e. The molecule has 2 amide bonds. The highest BCUT2D eigenvalue weighted by molar-refractivity contribution is 5.81. The van der Waals surface area contributed by atoms with Crippen LogP contribution in [0.15, 0.2) is 0 Å². The first-order valence-corrected chi connectivity index (χ1v) is 10.8. The molecule has 0 aromatic carbocycles. The Bertz CT molecular complexity index is 433. The number of rotatable bonds is 15. The summed E-state index contributed by atoms with van der Waals surface area (Å²) in [5.74, 6) is 0.0963. The van der Waals surface area contributed by atoms with Crippen LogP contribution in [0.3, 0.4) is 0 Å². The third-order valence-corrected chi connectivity index (χ3v) is 4.88. The highest BCUT2D eigenvalue weighted by Crippen LogP contribution is 2.23. The molecule has 1 unspecified atom stereocenters. The third-order valence-electron chi connectivity index (χ3n) is 4.88. The van der Waals surface area contributed by atoms with E-state index in [0.717, 1.165) is 45.1 Å². The summed E-state index contributed by atoms with van der Waals surface area (Å²) in [5.41, 5.74) is -1.01. The van der Waals surface area contributed by atoms with Gasteiger partial charge in [-0.05, 0) is 40.0 Å². The van der Waals surface area contributed by atoms with Crippen molar-refractivity contribution in [2.75, 3.05) is 13.2 Å². The molecule has 0 aliphatic carbocycles. The summed E-state index contributed by atoms with van der Waals surface area (Å²) in [4.78, 5) is 24.6. The van der Waals surface area contributed by atoms with Crippen LogP contribution in [0.4, 0.5) is 0 Å². The molecule has 5 heteroatoms. The van der Waals surface area contributed by atoms with E-state index in [0.29, 0.717) is 19.4 Å². The summed E-state index contributed by atoms with van der Waals surface area (Å²) in [6.07, 6.45) is 7.52. The topological polar surface area (TPSA) is 67.4 Å². The quantitative estimate of drug-likeness (QED) is 0.406. The molecule has 0 aromatic rings. The molecule has 0 spiro atoms. The van der Waals surface area contributed by atoms with E-state index < -0.39 is 11.0 Å². The van der Waals surface area contributed by atoms with E-state index >= 15 is 0 Å². The standard InChI is InChI=1S/C22H44N2O3/c1-8-10-12-15-23-20(26)21(4,5)14-16-27-22(6,7)17-19(25)24-18(3)13-11-9-2/h18H,8-17H2,1-7H3,(H,23,26)(H,24,25). The number of hydrogen-bond donors (Lipinski definition) is 2. The number of unbranched alkanes of at least 4 members (excludes halogenated alkanes) is 3. The van der Waals surface area contributed by atoms with Crippen molar-refractivity contribution in [2.24, 2.45) is 5.41 Å². The van der Waals surface area contributed by atoms with E-state index in [1.54, 1.807) is 0 Å². The highest BCUT2D eigenvalue weighted by atomic mass is 16.5. The molecule has 0 saturated carbocycles. The maximum Gasteiger partial charge on any atom is 0.225 e. The average molecular weight is 385 g/mol. The van der Waals surface area contributed by atoms with E-state index in [4.69, 9.17) is 4.74 Å². The molecule has 0 radical (unpaired) electrons. The van der Waals surface area contributed by atoms with Crippen molar-refractivity contribution in [3.8, 4) is 0 Å². The second kappa shape index (κ2) is 13.1. The fourth-order valence-corrected chi connectivity index (χ4v) is 2.86. The summed E-state index contributed by atoms with van der Waals surface area (Å²) in [7, 11) is 0. The Labute approximate surface area is 167 Å². The first kappa shape index (κ1) is 25.9. The lowest BCUT2D eigenvalue weighted by Gasteiger charge is -2.29. The van der Waals surface area contributed by atoms with Crippen molar-refractivity contribution < 1.29 is 14.3 Å². The minimum absolute atomic E-state index is 0.0246. The van der Waals surface area contributed by atoms with Crippen LogP contribution in [0, 0.1) is 5.41 Å². The van der Waals surface area contributed by atoms with Crippen LogP contribution in [0.1, 0.15) is 99.8 Å². The summed E-state index contributed by atoms with van der Waals surface area (Å²) < 4.78 is 5.95. The predicted molar refractivity (Wildman–Crippen MR) is 113 cm³/mol. The van der Waals surface area contributed by atoms with Crippen molar-refractivity contribution in [2.45, 2.75) is 111 Å². The summed E-state index contributed by atoms with van der Waals surface area (Å²) in [5, 5.41) is 6.06. The smallest absolute Gasteiger partial charge is 0.225 e. The molecule has 0 saturated heterocycles. The van der Waals surface area contributed by atoms with Gasteiger partial charge in [0, 0.05) is 24.6 Å². The largest absolute Gasteiger partial charge is 0.375 e. The van der Waals surface area contributed by atoms with Crippen LogP contribution in [0.25, 0.3) is 0 Å². The summed E-state index contributed by atoms with van der Waals surface area (Å²) in [6.45, 7) is 15.3. The molecule has 0 aliphatic rings. The van der Waals surface area contributed by atoms with Gasteiger partial charge in [-0.15, -0.1) is 0 Å². The van der Waals surface area contributed by atoms with E-state index in [1.165, 1.54) is 0 Å². The SMILES string of the molecule is CCCCCNC(=O)C(C)(C)CCOC(C)(C)CC(=O)NC(C)CCCC. The van der Waals surface area contributed by atoms with Gasteiger partial charge < -0.3 is 15.4 Å². The molecule has 0 rings (SSSR count). The van der Waals surface area contributed by atoms with Crippen molar-refractivity contribution in [3.05, 3.63) is 0 Å². The second-order valence-electron chi connectivity index (χ2n) is 8.99. The Kier molecular flexibility index (Phi) is 12.6. The third kappa shape index (κ3) is 12.8. The Hall–Kier alpha value is -1.10. The van der Waals surface area contributed by atoms with Crippen molar-refractivity contribution in [3.63, 3.8) is 0 Å². The molecule has 0 heterocycles. The van der Waals surface area contributed by atoms with Gasteiger partial charge in [0.15, 0.2) is 0 Å². The highest BCUT2D eigenvalue weighted by Gasteiger charge is 2.29. The van der Waals surface area contributed by atoms with Gasteiger partial charge >= 0.3 is 0 Å². The Morgan fingerprint density at radius 3 is 2.22 bits per heavy atom. The first-order valence-electron chi connectivity index (χ1n) is 10.8. The van der Waals surface area contributed by atoms with Crippen LogP contribution in [0.5, 0.6) is 0 Å². The fourth-order valence-electron chi connectivity index (χ4n) is 2.86. The van der Waals surface area contributed by atoms with E-state index in [1.807, 2.05) is 34.6 Å². The van der Waals surface area contributed by atoms with Crippen molar-refractivity contribution in [1.29, 1.82) is 0 Å². The molecule has 27 heavy (non-hydrogen) atoms. The van der Waals surface area contributed by atoms with Gasteiger partial charge in [0.1, 0.15) is 0 Å². The zero-order valence-corrected chi connectivity index (χ0v) is 18.9. The molecule has 0 bridgehead atoms. The van der Waals surface area contributed by atoms with Crippen LogP contribution in [-0.4, -0.2) is 36.6 Å². The number of carbonyl (C=O) groups excluding carboxylic acids is 2. The predicted octanol–water partition coefficient (Wildman–Crippen LogP) is 4.59. The van der Waals surface area contributed by atoms with E-state index in [2.05, 4.69) is 24.5 Å². The lowest BCUT2D eigenvalue weighted by Crippen LogP contribution is -2.40. The van der Waals surface area contributed by atoms with Crippen LogP contribution < -0.4 is 10.6 Å². The molecule has 160 valence electrons. The fraction of sp³-hybridized carbons (Fsp3) is 0.909. The zero-order chi connectivity index (χ0) is 20.9. The maximum absolute atomic E-state index is 12.3. The number of ether oxygens (including phenoxy) is 1. The normalized spacial score (nSPS) is 13.3. The molecule has 1 atom stereocenters. The maximum atomic E-state index is 12.3. The van der Waals surface area contributed by atoms with Gasteiger partial charge in [0.25, 0.3) is 0 Å².